The fourth-order valence-corrected chi connectivity index (χ4v) is 3.23. The molecule has 1 fully saturated rings. The third-order valence-electron chi connectivity index (χ3n) is 4.58. The Bertz CT molecular complexity index is 708. The van der Waals surface area contributed by atoms with Crippen LogP contribution in [-0.4, -0.2) is 52.6 Å². The molecule has 7 nitrogen and oxygen atoms in total. The van der Waals surface area contributed by atoms with Crippen LogP contribution in [0.15, 0.2) is 30.3 Å². The van der Waals surface area contributed by atoms with E-state index in [1.165, 1.54) is 5.56 Å². The molecule has 0 spiro atoms. The minimum absolute atomic E-state index is 0.0323. The van der Waals surface area contributed by atoms with E-state index in [2.05, 4.69) is 45.8 Å². The molecule has 0 aliphatic carbocycles. The second kappa shape index (κ2) is 7.33. The number of benzene rings is 1. The maximum Gasteiger partial charge on any atom is 0.229 e. The van der Waals surface area contributed by atoms with Crippen molar-refractivity contribution in [2.75, 3.05) is 31.3 Å². The standard InChI is InChI=1S/C18H26N6O/c1-12-11-25-16(14-8-6-5-7-9-14)13(2)24(12)10-15-20-17(19)22-18(21-15)23(3)4/h5-9,12-13,16H,10-11H2,1-4H3,(H2,19,20,21,22)/t12-,13+,16+/m1/s1. The van der Waals surface area contributed by atoms with Crippen molar-refractivity contribution in [3.05, 3.63) is 41.7 Å². The fraction of sp³-hybridized carbons (Fsp3) is 0.500. The van der Waals surface area contributed by atoms with Crippen LogP contribution in [0.4, 0.5) is 11.9 Å². The molecule has 1 saturated heterocycles. The monoisotopic (exact) mass is 342 g/mol. The molecule has 2 aromatic rings. The molecule has 2 N–H and O–H groups in total. The van der Waals surface area contributed by atoms with Crippen molar-refractivity contribution in [3.63, 3.8) is 0 Å². The summed E-state index contributed by atoms with van der Waals surface area (Å²) < 4.78 is 6.11. The van der Waals surface area contributed by atoms with Crippen LogP contribution in [-0.2, 0) is 11.3 Å². The Labute approximate surface area is 148 Å². The van der Waals surface area contributed by atoms with Crippen LogP contribution in [0.5, 0.6) is 0 Å². The lowest BCUT2D eigenvalue weighted by Crippen LogP contribution is -2.50. The summed E-state index contributed by atoms with van der Waals surface area (Å²) in [6.45, 7) is 5.63. The second-order valence-electron chi connectivity index (χ2n) is 6.73. The van der Waals surface area contributed by atoms with Gasteiger partial charge in [-0.1, -0.05) is 30.3 Å². The number of nitrogens with two attached hydrogens (primary N) is 1. The molecule has 1 aliphatic rings. The highest BCUT2D eigenvalue weighted by Crippen LogP contribution is 2.31. The quantitative estimate of drug-likeness (QED) is 0.908. The first-order valence-corrected chi connectivity index (χ1v) is 8.55. The van der Waals surface area contributed by atoms with Crippen molar-refractivity contribution < 1.29 is 4.74 Å². The summed E-state index contributed by atoms with van der Waals surface area (Å²) in [6.07, 6.45) is 0.0323. The predicted octanol–water partition coefficient (Wildman–Crippen LogP) is 1.87. The zero-order valence-corrected chi connectivity index (χ0v) is 15.3. The number of morpholine rings is 1. The summed E-state index contributed by atoms with van der Waals surface area (Å²) in [5.41, 5.74) is 7.05. The minimum atomic E-state index is 0.0323. The first-order chi connectivity index (χ1) is 12.0. The summed E-state index contributed by atoms with van der Waals surface area (Å²) in [5.74, 6) is 1.51. The number of aromatic nitrogens is 3. The molecule has 0 saturated carbocycles. The molecule has 134 valence electrons. The third kappa shape index (κ3) is 3.88. The zero-order chi connectivity index (χ0) is 18.0. The van der Waals surface area contributed by atoms with Gasteiger partial charge in [0.25, 0.3) is 0 Å². The van der Waals surface area contributed by atoms with Crippen LogP contribution in [0.2, 0.25) is 0 Å². The van der Waals surface area contributed by atoms with Gasteiger partial charge in [-0.3, -0.25) is 4.90 Å². The van der Waals surface area contributed by atoms with Gasteiger partial charge in [0, 0.05) is 26.2 Å². The van der Waals surface area contributed by atoms with Gasteiger partial charge in [0.15, 0.2) is 0 Å². The highest BCUT2D eigenvalue weighted by atomic mass is 16.5. The van der Waals surface area contributed by atoms with Crippen molar-refractivity contribution in [1.82, 2.24) is 19.9 Å². The molecule has 1 aromatic heterocycles. The topological polar surface area (TPSA) is 80.4 Å². The minimum Gasteiger partial charge on any atom is -0.370 e. The van der Waals surface area contributed by atoms with Gasteiger partial charge < -0.3 is 15.4 Å². The number of anilines is 2. The summed E-state index contributed by atoms with van der Waals surface area (Å²) in [5, 5.41) is 0. The molecule has 3 rings (SSSR count). The Hall–Kier alpha value is -2.25. The van der Waals surface area contributed by atoms with E-state index in [4.69, 9.17) is 10.5 Å². The van der Waals surface area contributed by atoms with E-state index in [1.807, 2.05) is 37.2 Å². The predicted molar refractivity (Wildman–Crippen MR) is 98.2 cm³/mol. The SMILES string of the molecule is C[C@@H]1CO[C@H](c2ccccc2)[C@H](C)N1Cc1nc(N)nc(N(C)C)n1. The van der Waals surface area contributed by atoms with Gasteiger partial charge in [0.1, 0.15) is 5.82 Å². The van der Waals surface area contributed by atoms with Crippen molar-refractivity contribution in [1.29, 1.82) is 0 Å². The number of hydrogen-bond acceptors (Lipinski definition) is 7. The average Bonchev–Trinajstić information content (AvgIpc) is 2.59. The largest absolute Gasteiger partial charge is 0.370 e. The molecule has 0 amide bonds. The van der Waals surface area contributed by atoms with E-state index in [0.717, 1.165) is 0 Å². The van der Waals surface area contributed by atoms with E-state index in [1.54, 1.807) is 0 Å². The molecule has 0 bridgehead atoms. The van der Waals surface area contributed by atoms with Gasteiger partial charge in [0.2, 0.25) is 11.9 Å². The Balaban J connectivity index is 1.83. The highest BCUT2D eigenvalue weighted by molar-refractivity contribution is 5.32. The number of nitrogens with zero attached hydrogens (tertiary/aromatic N) is 5. The molecular formula is C18H26N6O. The zero-order valence-electron chi connectivity index (χ0n) is 15.3. The van der Waals surface area contributed by atoms with Crippen LogP contribution >= 0.6 is 0 Å². The van der Waals surface area contributed by atoms with Crippen LogP contribution in [0, 0.1) is 0 Å². The lowest BCUT2D eigenvalue weighted by molar-refractivity contribution is -0.100. The molecular weight excluding hydrogens is 316 g/mol. The van der Waals surface area contributed by atoms with E-state index in [0.29, 0.717) is 24.9 Å². The number of rotatable bonds is 4. The van der Waals surface area contributed by atoms with Gasteiger partial charge in [-0.15, -0.1) is 0 Å². The number of ether oxygens (including phenoxy) is 1. The lowest BCUT2D eigenvalue weighted by Gasteiger charge is -2.43. The third-order valence-corrected chi connectivity index (χ3v) is 4.58. The molecule has 25 heavy (non-hydrogen) atoms. The molecule has 2 heterocycles. The first-order valence-electron chi connectivity index (χ1n) is 8.55. The van der Waals surface area contributed by atoms with E-state index >= 15 is 0 Å². The fourth-order valence-electron chi connectivity index (χ4n) is 3.23. The van der Waals surface area contributed by atoms with Crippen LogP contribution in [0.1, 0.15) is 31.3 Å². The smallest absolute Gasteiger partial charge is 0.229 e. The lowest BCUT2D eigenvalue weighted by atomic mass is 9.98. The highest BCUT2D eigenvalue weighted by Gasteiger charge is 2.34. The van der Waals surface area contributed by atoms with Crippen molar-refractivity contribution in [2.24, 2.45) is 0 Å². The molecule has 0 radical (unpaired) electrons. The second-order valence-corrected chi connectivity index (χ2v) is 6.73. The van der Waals surface area contributed by atoms with Crippen LogP contribution in [0.25, 0.3) is 0 Å². The molecule has 3 atom stereocenters. The normalized spacial score (nSPS) is 24.2. The maximum absolute atomic E-state index is 6.11. The van der Waals surface area contributed by atoms with Crippen LogP contribution in [0.3, 0.4) is 0 Å². The number of nitrogen functional groups attached to an aromatic ring is 1. The van der Waals surface area contributed by atoms with Gasteiger partial charge >= 0.3 is 0 Å². The summed E-state index contributed by atoms with van der Waals surface area (Å²) in [4.78, 5) is 17.2. The van der Waals surface area contributed by atoms with Crippen molar-refractivity contribution in [3.8, 4) is 0 Å². The Morgan fingerprint density at radius 1 is 1.16 bits per heavy atom. The molecule has 7 heteroatoms. The Kier molecular flexibility index (Phi) is 5.15. The molecule has 1 aliphatic heterocycles. The average molecular weight is 342 g/mol. The van der Waals surface area contributed by atoms with E-state index in [-0.39, 0.29) is 24.1 Å². The van der Waals surface area contributed by atoms with Gasteiger partial charge in [-0.2, -0.15) is 15.0 Å². The van der Waals surface area contributed by atoms with Crippen molar-refractivity contribution in [2.45, 2.75) is 38.6 Å². The molecule has 0 unspecified atom stereocenters. The summed E-state index contributed by atoms with van der Waals surface area (Å²) in [6, 6.07) is 10.8. The maximum atomic E-state index is 6.11. The number of hydrogen-bond donors (Lipinski definition) is 1. The van der Waals surface area contributed by atoms with Crippen molar-refractivity contribution >= 4 is 11.9 Å². The summed E-state index contributed by atoms with van der Waals surface area (Å²) in [7, 11) is 3.79. The van der Waals surface area contributed by atoms with Crippen LogP contribution < -0.4 is 10.6 Å². The van der Waals surface area contributed by atoms with Gasteiger partial charge in [-0.25, -0.2) is 0 Å². The van der Waals surface area contributed by atoms with E-state index < -0.39 is 0 Å². The van der Waals surface area contributed by atoms with E-state index in [9.17, 15) is 0 Å². The van der Waals surface area contributed by atoms with Gasteiger partial charge in [-0.05, 0) is 19.4 Å². The van der Waals surface area contributed by atoms with Gasteiger partial charge in [0.05, 0.1) is 19.3 Å². The first kappa shape index (κ1) is 17.6. The summed E-state index contributed by atoms with van der Waals surface area (Å²) >= 11 is 0. The Morgan fingerprint density at radius 3 is 2.56 bits per heavy atom. The Morgan fingerprint density at radius 2 is 1.88 bits per heavy atom. The molecule has 1 aromatic carbocycles.